The van der Waals surface area contributed by atoms with Crippen molar-refractivity contribution in [2.24, 2.45) is 5.92 Å². The zero-order valence-corrected chi connectivity index (χ0v) is 20.4. The van der Waals surface area contributed by atoms with E-state index in [1.165, 1.54) is 43.7 Å². The third-order valence-electron chi connectivity index (χ3n) is 5.98. The average Bonchev–Trinajstić information content (AvgIpc) is 3.00. The summed E-state index contributed by atoms with van der Waals surface area (Å²) in [7, 11) is -1.16. The van der Waals surface area contributed by atoms with Crippen molar-refractivity contribution in [3.63, 3.8) is 0 Å². The summed E-state index contributed by atoms with van der Waals surface area (Å²) in [5.41, 5.74) is 3.01. The molecule has 0 bridgehead atoms. The molecule has 0 spiro atoms. The molecule has 0 N–H and O–H groups in total. The molecule has 0 amide bonds. The third-order valence-corrected chi connectivity index (χ3v) is 12.2. The molecule has 0 aliphatic heterocycles. The van der Waals surface area contributed by atoms with Gasteiger partial charge in [0.05, 0.1) is 0 Å². The predicted molar refractivity (Wildman–Crippen MR) is 102 cm³/mol. The van der Waals surface area contributed by atoms with E-state index in [4.69, 9.17) is 0 Å². The summed E-state index contributed by atoms with van der Waals surface area (Å²) in [5.74, 6) is 0.952. The van der Waals surface area contributed by atoms with Crippen LogP contribution in [0.15, 0.2) is 60.7 Å². The summed E-state index contributed by atoms with van der Waals surface area (Å²) in [6, 6.07) is 22.0. The normalized spacial score (nSPS) is 22.0. The summed E-state index contributed by atoms with van der Waals surface area (Å²) in [4.78, 5) is 0. The van der Waals surface area contributed by atoms with Crippen molar-refractivity contribution in [2.45, 2.75) is 41.5 Å². The van der Waals surface area contributed by atoms with Crippen LogP contribution in [0.5, 0.6) is 0 Å². The molecule has 2 unspecified atom stereocenters. The van der Waals surface area contributed by atoms with E-state index in [1.807, 2.05) is 0 Å². The minimum absolute atomic E-state index is 0. The number of benzene rings is 2. The Morgan fingerprint density at radius 3 is 2.19 bits per heavy atom. The van der Waals surface area contributed by atoms with Crippen LogP contribution in [0.25, 0.3) is 6.08 Å². The van der Waals surface area contributed by atoms with E-state index in [1.54, 1.807) is 10.8 Å². The molecule has 2 aromatic carbocycles. The summed E-state index contributed by atoms with van der Waals surface area (Å²) in [6.45, 7) is 0. The van der Waals surface area contributed by atoms with Crippen LogP contribution in [0, 0.1) is 5.92 Å². The van der Waals surface area contributed by atoms with Gasteiger partial charge in [-0.25, -0.2) is 0 Å². The van der Waals surface area contributed by atoms with Crippen molar-refractivity contribution >= 4 is 20.1 Å². The molecule has 2 aliphatic rings. The van der Waals surface area contributed by atoms with Crippen molar-refractivity contribution in [3.05, 3.63) is 71.8 Å². The molecule has 0 aromatic heterocycles. The zero-order valence-electron chi connectivity index (χ0n) is 15.4. The number of fused-ring (bicyclic) bond motifs is 1. The van der Waals surface area contributed by atoms with Gasteiger partial charge in [-0.3, -0.25) is 0 Å². The van der Waals surface area contributed by atoms with Gasteiger partial charge in [0.1, 0.15) is 0 Å². The molecule has 4 rings (SSSR count). The molecule has 2 aliphatic carbocycles. The predicted octanol–water partition coefficient (Wildman–Crippen LogP) is -4.28. The second-order valence-corrected chi connectivity index (χ2v) is 12.8. The zero-order chi connectivity index (χ0) is 16.4. The fraction of sp³-hybridized carbons (Fsp3) is 0.364. The molecule has 1 saturated carbocycles. The van der Waals surface area contributed by atoms with E-state index < -0.39 is 8.80 Å². The first-order valence-electron chi connectivity index (χ1n) is 9.36. The number of hydrogen-bond donors (Lipinski definition) is 0. The Balaban J connectivity index is 0.00000121. The Kier molecular flexibility index (Phi) is 10.4. The molecular weight excluding hydrogens is 447 g/mol. The fourth-order valence-corrected chi connectivity index (χ4v) is 10.4. The van der Waals surface area contributed by atoms with Gasteiger partial charge in [-0.15, -0.1) is 0 Å². The van der Waals surface area contributed by atoms with Gasteiger partial charge in [-0.05, 0) is 0 Å². The number of allylic oxidation sites excluding steroid dienone is 1. The van der Waals surface area contributed by atoms with Crippen molar-refractivity contribution in [1.29, 1.82) is 0 Å². The first-order chi connectivity index (χ1) is 11.8. The van der Waals surface area contributed by atoms with Crippen molar-refractivity contribution in [1.82, 2.24) is 0 Å². The van der Waals surface area contributed by atoms with Crippen LogP contribution in [0.1, 0.15) is 43.2 Å². The van der Waals surface area contributed by atoms with E-state index in [0.29, 0.717) is 0 Å². The Labute approximate surface area is 195 Å². The Bertz CT molecular complexity index is 731. The second-order valence-electron chi connectivity index (χ2n) is 7.49. The summed E-state index contributed by atoms with van der Waals surface area (Å²) in [6.07, 6.45) is 12.2. The SMILES string of the molecule is [Cl-].[Cl-].[Cl-].[Ti+3][C]1([SiH](CC2CCCCC2)c2ccccc2)C=Cc2ccccc21. The Morgan fingerprint density at radius 1 is 0.852 bits per heavy atom. The maximum atomic E-state index is 2.53. The van der Waals surface area contributed by atoms with Crippen LogP contribution in [-0.2, 0) is 23.8 Å². The van der Waals surface area contributed by atoms with Gasteiger partial charge in [0.25, 0.3) is 0 Å². The molecule has 2 atom stereocenters. The molecule has 0 saturated heterocycles. The van der Waals surface area contributed by atoms with Crippen molar-refractivity contribution in [3.8, 4) is 0 Å². The molecule has 5 heteroatoms. The van der Waals surface area contributed by atoms with Gasteiger partial charge in [-0.2, -0.15) is 0 Å². The monoisotopic (exact) mass is 470 g/mol. The van der Waals surface area contributed by atoms with Crippen LogP contribution in [0.4, 0.5) is 0 Å². The van der Waals surface area contributed by atoms with E-state index in [0.717, 1.165) is 5.92 Å². The molecule has 142 valence electrons. The average molecular weight is 472 g/mol. The molecule has 27 heavy (non-hydrogen) atoms. The molecule has 2 aromatic rings. The van der Waals surface area contributed by atoms with Gasteiger partial charge in [0.2, 0.25) is 0 Å². The van der Waals surface area contributed by atoms with Gasteiger partial charge >= 0.3 is 160 Å². The van der Waals surface area contributed by atoms with Crippen LogP contribution in [0.2, 0.25) is 6.04 Å². The first kappa shape index (κ1) is 25.0. The maximum absolute atomic E-state index is 2.53. The van der Waals surface area contributed by atoms with E-state index in [9.17, 15) is 0 Å². The summed E-state index contributed by atoms with van der Waals surface area (Å²) in [5, 5.41) is 1.65. The molecule has 0 nitrogen and oxygen atoms in total. The number of rotatable bonds is 4. The summed E-state index contributed by atoms with van der Waals surface area (Å²) >= 11 is 2.52. The van der Waals surface area contributed by atoms with Crippen LogP contribution >= 0.6 is 0 Å². The van der Waals surface area contributed by atoms with E-state index >= 15 is 0 Å². The van der Waals surface area contributed by atoms with Crippen LogP contribution in [0.3, 0.4) is 0 Å². The second kappa shape index (κ2) is 11.2. The summed E-state index contributed by atoms with van der Waals surface area (Å²) < 4.78 is 0.259. The van der Waals surface area contributed by atoms with Crippen molar-refractivity contribution < 1.29 is 57.7 Å². The van der Waals surface area contributed by atoms with Gasteiger partial charge in [0, 0.05) is 0 Å². The number of hydrogen-bond acceptors (Lipinski definition) is 0. The molecule has 0 radical (unpaired) electrons. The van der Waals surface area contributed by atoms with Gasteiger partial charge in [0.15, 0.2) is 0 Å². The molecular formula is C22H25Cl3SiTi. The van der Waals surface area contributed by atoms with Crippen LogP contribution < -0.4 is 42.4 Å². The minimum atomic E-state index is -1.16. The topological polar surface area (TPSA) is 0 Å². The van der Waals surface area contributed by atoms with Crippen LogP contribution in [-0.4, -0.2) is 8.80 Å². The van der Waals surface area contributed by atoms with Gasteiger partial charge in [-0.1, -0.05) is 0 Å². The van der Waals surface area contributed by atoms with Gasteiger partial charge < -0.3 is 37.2 Å². The molecule has 1 fully saturated rings. The first-order valence-corrected chi connectivity index (χ1v) is 12.1. The van der Waals surface area contributed by atoms with Crippen molar-refractivity contribution in [2.75, 3.05) is 0 Å². The Morgan fingerprint density at radius 2 is 1.48 bits per heavy atom. The van der Waals surface area contributed by atoms with E-state index in [2.05, 4.69) is 87.2 Å². The quantitative estimate of drug-likeness (QED) is 0.396. The fourth-order valence-electron chi connectivity index (χ4n) is 4.66. The number of halogens is 3. The van der Waals surface area contributed by atoms with E-state index in [-0.39, 0.29) is 40.6 Å². The Hall–Kier alpha value is -0.0188. The molecule has 0 heterocycles. The standard InChI is InChI=1S/C22H25Si.3ClH.Ti/c1-3-9-18(10-4-1)17-23(20-12-5-2-6-13-20)22-16-15-19-11-7-8-14-21(19)22;;;;/h2,5-8,11-16,18,23H,1,3-4,9-10,17H2;3*1H;/q;;;;+3/p-3. The third kappa shape index (κ3) is 5.32.